The molecule has 0 amide bonds. The number of halogens is 1. The average molecular weight is 305 g/mol. The molecule has 0 aliphatic rings. The largest absolute Gasteiger partial charge is 0.352 e. The summed E-state index contributed by atoms with van der Waals surface area (Å²) >= 11 is 5.16. The molecule has 1 rings (SSSR count). The van der Waals surface area contributed by atoms with E-state index in [0.29, 0.717) is 13.2 Å². The quantitative estimate of drug-likeness (QED) is 0.561. The second-order valence-corrected chi connectivity index (χ2v) is 5.11. The Morgan fingerprint density at radius 1 is 1.12 bits per heavy atom. The van der Waals surface area contributed by atoms with Crippen LogP contribution < -0.4 is 0 Å². The molecule has 2 nitrogen and oxygen atoms in total. The predicted octanol–water partition coefficient (Wildman–Crippen LogP) is 3.94. The van der Waals surface area contributed by atoms with Crippen molar-refractivity contribution in [2.45, 2.75) is 25.0 Å². The van der Waals surface area contributed by atoms with Gasteiger partial charge in [0, 0.05) is 28.3 Å². The van der Waals surface area contributed by atoms with Crippen LogP contribution in [-0.2, 0) is 9.47 Å². The first-order chi connectivity index (χ1) is 7.76. The van der Waals surface area contributed by atoms with Crippen LogP contribution in [0.1, 0.15) is 13.8 Å². The monoisotopic (exact) mass is 304 g/mol. The smallest absolute Gasteiger partial charge is 0.166 e. The van der Waals surface area contributed by atoms with Gasteiger partial charge in [-0.05, 0) is 38.1 Å². The summed E-state index contributed by atoms with van der Waals surface area (Å²) in [5, 5.41) is 0. The van der Waals surface area contributed by atoms with Gasteiger partial charge in [-0.15, -0.1) is 11.8 Å². The van der Waals surface area contributed by atoms with Crippen LogP contribution in [0.3, 0.4) is 0 Å². The van der Waals surface area contributed by atoms with Crippen LogP contribution in [0.5, 0.6) is 0 Å². The third kappa shape index (κ3) is 5.34. The molecule has 0 aliphatic heterocycles. The van der Waals surface area contributed by atoms with Crippen molar-refractivity contribution >= 4 is 27.7 Å². The van der Waals surface area contributed by atoms with Crippen LogP contribution in [0.4, 0.5) is 0 Å². The maximum Gasteiger partial charge on any atom is 0.166 e. The van der Waals surface area contributed by atoms with Crippen LogP contribution in [0.15, 0.2) is 33.6 Å². The summed E-state index contributed by atoms with van der Waals surface area (Å²) in [4.78, 5) is 1.23. The zero-order valence-corrected chi connectivity index (χ0v) is 12.0. The number of thioether (sulfide) groups is 1. The molecule has 90 valence electrons. The maximum atomic E-state index is 5.48. The molecular weight excluding hydrogens is 288 g/mol. The van der Waals surface area contributed by atoms with Crippen molar-refractivity contribution in [1.29, 1.82) is 0 Å². The van der Waals surface area contributed by atoms with Gasteiger partial charge in [-0.25, -0.2) is 0 Å². The molecule has 16 heavy (non-hydrogen) atoms. The molecule has 1 aromatic carbocycles. The minimum absolute atomic E-state index is 0.108. The molecule has 0 unspecified atom stereocenters. The third-order valence-corrected chi connectivity index (χ3v) is 3.48. The van der Waals surface area contributed by atoms with E-state index in [1.165, 1.54) is 4.90 Å². The van der Waals surface area contributed by atoms with E-state index < -0.39 is 0 Å². The summed E-state index contributed by atoms with van der Waals surface area (Å²) in [7, 11) is 0. The summed E-state index contributed by atoms with van der Waals surface area (Å²) in [5.41, 5.74) is 0. The van der Waals surface area contributed by atoms with E-state index in [1.807, 2.05) is 26.0 Å². The molecule has 0 fully saturated rings. The van der Waals surface area contributed by atoms with Gasteiger partial charge in [0.15, 0.2) is 6.29 Å². The highest BCUT2D eigenvalue weighted by molar-refractivity contribution is 9.10. The number of hydrogen-bond acceptors (Lipinski definition) is 3. The van der Waals surface area contributed by atoms with Crippen molar-refractivity contribution in [3.05, 3.63) is 28.7 Å². The van der Waals surface area contributed by atoms with Gasteiger partial charge in [0.1, 0.15) is 0 Å². The Hall–Kier alpha value is -0.0300. The first kappa shape index (κ1) is 14.0. The standard InChI is InChI=1S/C12H17BrO2S/c1-3-14-12(15-4-2)9-16-11-7-5-10(13)6-8-11/h5-8,12H,3-4,9H2,1-2H3. The molecule has 0 bridgehead atoms. The summed E-state index contributed by atoms with van der Waals surface area (Å²) in [6.07, 6.45) is -0.108. The molecule has 0 N–H and O–H groups in total. The topological polar surface area (TPSA) is 18.5 Å². The Morgan fingerprint density at radius 3 is 2.19 bits per heavy atom. The van der Waals surface area contributed by atoms with Gasteiger partial charge in [0.05, 0.1) is 0 Å². The third-order valence-electron chi connectivity index (χ3n) is 1.90. The highest BCUT2D eigenvalue weighted by atomic mass is 79.9. The molecule has 0 spiro atoms. The van der Waals surface area contributed by atoms with Gasteiger partial charge < -0.3 is 9.47 Å². The summed E-state index contributed by atoms with van der Waals surface area (Å²) in [6.45, 7) is 5.34. The van der Waals surface area contributed by atoms with E-state index in [4.69, 9.17) is 9.47 Å². The SMILES string of the molecule is CCOC(CSc1ccc(Br)cc1)OCC. The van der Waals surface area contributed by atoms with E-state index in [2.05, 4.69) is 28.1 Å². The molecule has 0 aliphatic carbocycles. The Morgan fingerprint density at radius 2 is 1.69 bits per heavy atom. The van der Waals surface area contributed by atoms with Gasteiger partial charge in [0.2, 0.25) is 0 Å². The van der Waals surface area contributed by atoms with Crippen molar-refractivity contribution in [1.82, 2.24) is 0 Å². The lowest BCUT2D eigenvalue weighted by Gasteiger charge is -2.16. The normalized spacial score (nSPS) is 11.0. The van der Waals surface area contributed by atoms with Gasteiger partial charge in [-0.1, -0.05) is 15.9 Å². The lowest BCUT2D eigenvalue weighted by atomic mass is 10.4. The van der Waals surface area contributed by atoms with E-state index in [-0.39, 0.29) is 6.29 Å². The Balaban J connectivity index is 2.38. The summed E-state index contributed by atoms with van der Waals surface area (Å²) in [6, 6.07) is 8.25. The number of benzene rings is 1. The van der Waals surface area contributed by atoms with Gasteiger partial charge in [-0.2, -0.15) is 0 Å². The molecule has 0 heterocycles. The first-order valence-electron chi connectivity index (χ1n) is 5.37. The van der Waals surface area contributed by atoms with E-state index >= 15 is 0 Å². The highest BCUT2D eigenvalue weighted by Crippen LogP contribution is 2.22. The van der Waals surface area contributed by atoms with E-state index in [9.17, 15) is 0 Å². The van der Waals surface area contributed by atoms with Crippen molar-refractivity contribution in [2.75, 3.05) is 19.0 Å². The molecular formula is C12H17BrO2S. The molecule has 0 atom stereocenters. The fraction of sp³-hybridized carbons (Fsp3) is 0.500. The minimum Gasteiger partial charge on any atom is -0.352 e. The fourth-order valence-corrected chi connectivity index (χ4v) is 2.33. The molecule has 0 saturated heterocycles. The van der Waals surface area contributed by atoms with Crippen molar-refractivity contribution in [3.8, 4) is 0 Å². The first-order valence-corrected chi connectivity index (χ1v) is 7.15. The lowest BCUT2D eigenvalue weighted by Crippen LogP contribution is -2.19. The van der Waals surface area contributed by atoms with Crippen LogP contribution in [0, 0.1) is 0 Å². The second-order valence-electron chi connectivity index (χ2n) is 3.11. The van der Waals surface area contributed by atoms with Crippen molar-refractivity contribution in [3.63, 3.8) is 0 Å². The Bertz CT molecular complexity index is 284. The Kier molecular flexibility index (Phi) is 7.12. The number of rotatable bonds is 7. The second kappa shape index (κ2) is 8.12. The zero-order valence-electron chi connectivity index (χ0n) is 9.61. The summed E-state index contributed by atoms with van der Waals surface area (Å²) < 4.78 is 12.1. The molecule has 0 radical (unpaired) electrons. The fourth-order valence-electron chi connectivity index (χ4n) is 1.21. The lowest BCUT2D eigenvalue weighted by molar-refractivity contribution is -0.120. The molecule has 0 aromatic heterocycles. The molecule has 1 aromatic rings. The van der Waals surface area contributed by atoms with Crippen LogP contribution in [-0.4, -0.2) is 25.3 Å². The number of ether oxygens (including phenoxy) is 2. The van der Waals surface area contributed by atoms with Gasteiger partial charge >= 0.3 is 0 Å². The number of hydrogen-bond donors (Lipinski definition) is 0. The molecule has 0 saturated carbocycles. The van der Waals surface area contributed by atoms with Crippen LogP contribution in [0.25, 0.3) is 0 Å². The van der Waals surface area contributed by atoms with Crippen LogP contribution >= 0.6 is 27.7 Å². The van der Waals surface area contributed by atoms with E-state index in [1.54, 1.807) is 11.8 Å². The maximum absolute atomic E-state index is 5.48. The zero-order chi connectivity index (χ0) is 11.8. The highest BCUT2D eigenvalue weighted by Gasteiger charge is 2.08. The van der Waals surface area contributed by atoms with Crippen molar-refractivity contribution in [2.24, 2.45) is 0 Å². The van der Waals surface area contributed by atoms with Crippen LogP contribution in [0.2, 0.25) is 0 Å². The molecule has 4 heteroatoms. The summed E-state index contributed by atoms with van der Waals surface area (Å²) in [5.74, 6) is 0.823. The van der Waals surface area contributed by atoms with Gasteiger partial charge in [-0.3, -0.25) is 0 Å². The Labute approximate surface area is 110 Å². The van der Waals surface area contributed by atoms with Gasteiger partial charge in [0.25, 0.3) is 0 Å². The predicted molar refractivity (Wildman–Crippen MR) is 71.9 cm³/mol. The average Bonchev–Trinajstić information content (AvgIpc) is 2.29. The minimum atomic E-state index is -0.108. The van der Waals surface area contributed by atoms with E-state index in [0.717, 1.165) is 10.2 Å². The van der Waals surface area contributed by atoms with Crippen molar-refractivity contribution < 1.29 is 9.47 Å².